The largest absolute Gasteiger partial charge is 0.377 e. The maximum atomic E-state index is 12.2. The molecule has 1 heterocycles. The van der Waals surface area contributed by atoms with Crippen LogP contribution in [0.25, 0.3) is 0 Å². The van der Waals surface area contributed by atoms with Crippen molar-refractivity contribution in [1.82, 2.24) is 9.36 Å². The highest BCUT2D eigenvalue weighted by Crippen LogP contribution is 2.20. The molecule has 1 aromatic heterocycles. The highest BCUT2D eigenvalue weighted by atomic mass is 32.1. The maximum absolute atomic E-state index is 12.2. The molecule has 0 aliphatic heterocycles. The van der Waals surface area contributed by atoms with Gasteiger partial charge in [0.05, 0.1) is 6.54 Å². The Labute approximate surface area is 134 Å². The lowest BCUT2D eigenvalue weighted by Gasteiger charge is -2.16. The number of likely N-dealkylation sites (N-methyl/N-ethyl adjacent to an activating group) is 1. The van der Waals surface area contributed by atoms with Crippen molar-refractivity contribution in [1.29, 1.82) is 0 Å². The number of hydrogen-bond acceptors (Lipinski definition) is 6. The second kappa shape index (κ2) is 7.33. The number of amides is 1. The number of anilines is 2. The number of nitrogens with one attached hydrogen (secondary N) is 1. The summed E-state index contributed by atoms with van der Waals surface area (Å²) in [6.07, 6.45) is 0. The van der Waals surface area contributed by atoms with E-state index in [1.807, 2.05) is 39.1 Å². The van der Waals surface area contributed by atoms with Crippen LogP contribution < -0.4 is 10.2 Å². The van der Waals surface area contributed by atoms with Gasteiger partial charge in [0.2, 0.25) is 11.0 Å². The second-order valence-electron chi connectivity index (χ2n) is 5.10. The summed E-state index contributed by atoms with van der Waals surface area (Å²) in [4.78, 5) is 18.3. The molecule has 2 aromatic rings. The minimum absolute atomic E-state index is 0.0802. The first-order valence-electron chi connectivity index (χ1n) is 6.90. The summed E-state index contributed by atoms with van der Waals surface area (Å²) < 4.78 is 9.17. The fourth-order valence-corrected chi connectivity index (χ4v) is 2.69. The lowest BCUT2D eigenvalue weighted by atomic mass is 10.1. The first-order valence-corrected chi connectivity index (χ1v) is 7.67. The van der Waals surface area contributed by atoms with Crippen molar-refractivity contribution in [2.24, 2.45) is 0 Å². The lowest BCUT2D eigenvalue weighted by Crippen LogP contribution is -2.30. The summed E-state index contributed by atoms with van der Waals surface area (Å²) in [6, 6.07) is 5.94. The predicted molar refractivity (Wildman–Crippen MR) is 88.4 cm³/mol. The molecule has 2 rings (SSSR count). The Morgan fingerprint density at radius 2 is 2.05 bits per heavy atom. The van der Waals surface area contributed by atoms with Crippen molar-refractivity contribution in [3.8, 4) is 0 Å². The Morgan fingerprint density at radius 1 is 1.36 bits per heavy atom. The molecule has 0 bridgehead atoms. The van der Waals surface area contributed by atoms with Crippen molar-refractivity contribution in [3.05, 3.63) is 35.2 Å². The molecule has 22 heavy (non-hydrogen) atoms. The Morgan fingerprint density at radius 3 is 2.68 bits per heavy atom. The minimum Gasteiger partial charge on any atom is -0.377 e. The maximum Gasteiger partial charge on any atom is 0.243 e. The van der Waals surface area contributed by atoms with E-state index in [2.05, 4.69) is 14.7 Å². The predicted octanol–water partition coefficient (Wildman–Crippen LogP) is 2.38. The van der Waals surface area contributed by atoms with Crippen molar-refractivity contribution in [3.63, 3.8) is 0 Å². The second-order valence-corrected chi connectivity index (χ2v) is 5.83. The van der Waals surface area contributed by atoms with Crippen LogP contribution in [0.1, 0.15) is 17.0 Å². The standard InChI is InChI=1S/C15H20N4O2S/c1-10-6-5-7-11(2)14(10)17-13(20)8-19(3)15-16-12(9-21-4)18-22-15/h5-7H,8-9H2,1-4H3,(H,17,20). The van der Waals surface area contributed by atoms with Crippen molar-refractivity contribution >= 4 is 28.3 Å². The van der Waals surface area contributed by atoms with Gasteiger partial charge in [-0.25, -0.2) is 4.98 Å². The molecule has 0 atom stereocenters. The monoisotopic (exact) mass is 320 g/mol. The van der Waals surface area contributed by atoms with E-state index in [1.54, 1.807) is 12.0 Å². The highest BCUT2D eigenvalue weighted by molar-refractivity contribution is 7.09. The number of methoxy groups -OCH3 is 1. The summed E-state index contributed by atoms with van der Waals surface area (Å²) in [5.41, 5.74) is 2.97. The average molecular weight is 320 g/mol. The molecule has 0 radical (unpaired) electrons. The molecule has 0 spiro atoms. The molecular formula is C15H20N4O2S. The average Bonchev–Trinajstić information content (AvgIpc) is 2.92. The third-order valence-electron chi connectivity index (χ3n) is 3.18. The minimum atomic E-state index is -0.0802. The van der Waals surface area contributed by atoms with E-state index >= 15 is 0 Å². The molecule has 0 fully saturated rings. The van der Waals surface area contributed by atoms with Crippen LogP contribution >= 0.6 is 11.5 Å². The molecule has 1 aromatic carbocycles. The van der Waals surface area contributed by atoms with Gasteiger partial charge >= 0.3 is 0 Å². The SMILES string of the molecule is COCc1nsc(N(C)CC(=O)Nc2c(C)cccc2C)n1. The number of carbonyl (C=O) groups excluding carboxylic acids is 1. The Balaban J connectivity index is 1.99. The van der Waals surface area contributed by atoms with Crippen LogP contribution in [0.5, 0.6) is 0 Å². The number of para-hydroxylation sites is 1. The van der Waals surface area contributed by atoms with E-state index in [0.29, 0.717) is 17.6 Å². The van der Waals surface area contributed by atoms with Crippen molar-refractivity contribution < 1.29 is 9.53 Å². The molecule has 0 aliphatic rings. The number of nitrogens with zero attached hydrogens (tertiary/aromatic N) is 3. The summed E-state index contributed by atoms with van der Waals surface area (Å²) in [7, 11) is 3.42. The first-order chi connectivity index (χ1) is 10.5. The van der Waals surface area contributed by atoms with E-state index in [0.717, 1.165) is 16.8 Å². The molecular weight excluding hydrogens is 300 g/mol. The van der Waals surface area contributed by atoms with Crippen LogP contribution in [0.2, 0.25) is 0 Å². The molecule has 118 valence electrons. The zero-order valence-corrected chi connectivity index (χ0v) is 14.0. The lowest BCUT2D eigenvalue weighted by molar-refractivity contribution is -0.114. The van der Waals surface area contributed by atoms with Crippen LogP contribution in [0.4, 0.5) is 10.8 Å². The number of aryl methyl sites for hydroxylation is 2. The molecule has 1 N–H and O–H groups in total. The number of ether oxygens (including phenoxy) is 1. The van der Waals surface area contributed by atoms with Crippen LogP contribution in [0.15, 0.2) is 18.2 Å². The fourth-order valence-electron chi connectivity index (χ4n) is 2.06. The molecule has 0 aliphatic carbocycles. The Bertz CT molecular complexity index is 636. The van der Waals surface area contributed by atoms with E-state index in [-0.39, 0.29) is 12.5 Å². The molecule has 1 amide bonds. The van der Waals surface area contributed by atoms with Gasteiger partial charge in [-0.2, -0.15) is 4.37 Å². The normalized spacial score (nSPS) is 10.5. The van der Waals surface area contributed by atoms with Gasteiger partial charge in [0.25, 0.3) is 0 Å². The van der Waals surface area contributed by atoms with E-state index in [9.17, 15) is 4.79 Å². The van der Waals surface area contributed by atoms with E-state index < -0.39 is 0 Å². The number of benzene rings is 1. The van der Waals surface area contributed by atoms with Gasteiger partial charge in [0.1, 0.15) is 6.61 Å². The summed E-state index contributed by atoms with van der Waals surface area (Å²) in [5, 5.41) is 3.66. The third-order valence-corrected chi connectivity index (χ3v) is 4.05. The van der Waals surface area contributed by atoms with Gasteiger partial charge in [0, 0.05) is 31.4 Å². The smallest absolute Gasteiger partial charge is 0.243 e. The van der Waals surface area contributed by atoms with Crippen LogP contribution in [0.3, 0.4) is 0 Å². The topological polar surface area (TPSA) is 67.3 Å². The van der Waals surface area contributed by atoms with Crippen LogP contribution in [-0.2, 0) is 16.1 Å². The highest BCUT2D eigenvalue weighted by Gasteiger charge is 2.13. The third kappa shape index (κ3) is 4.02. The molecule has 0 saturated carbocycles. The summed E-state index contributed by atoms with van der Waals surface area (Å²) >= 11 is 1.26. The number of aromatic nitrogens is 2. The fraction of sp³-hybridized carbons (Fsp3) is 0.400. The Kier molecular flexibility index (Phi) is 5.46. The molecule has 0 unspecified atom stereocenters. The number of hydrogen-bond donors (Lipinski definition) is 1. The van der Waals surface area contributed by atoms with E-state index in [1.165, 1.54) is 11.5 Å². The van der Waals surface area contributed by atoms with Gasteiger partial charge in [0.15, 0.2) is 5.82 Å². The summed E-state index contributed by atoms with van der Waals surface area (Å²) in [6.45, 7) is 4.55. The summed E-state index contributed by atoms with van der Waals surface area (Å²) in [5.74, 6) is 0.549. The van der Waals surface area contributed by atoms with Crippen molar-refractivity contribution in [2.45, 2.75) is 20.5 Å². The van der Waals surface area contributed by atoms with Gasteiger partial charge < -0.3 is 15.0 Å². The molecule has 6 nitrogen and oxygen atoms in total. The van der Waals surface area contributed by atoms with Crippen LogP contribution in [0, 0.1) is 13.8 Å². The Hall–Kier alpha value is -1.99. The number of carbonyl (C=O) groups is 1. The molecule has 7 heteroatoms. The van der Waals surface area contributed by atoms with Gasteiger partial charge in [-0.05, 0) is 25.0 Å². The zero-order valence-electron chi connectivity index (χ0n) is 13.2. The molecule has 0 saturated heterocycles. The first kappa shape index (κ1) is 16.4. The van der Waals surface area contributed by atoms with E-state index in [4.69, 9.17) is 4.74 Å². The quantitative estimate of drug-likeness (QED) is 0.885. The van der Waals surface area contributed by atoms with Gasteiger partial charge in [-0.1, -0.05) is 18.2 Å². The van der Waals surface area contributed by atoms with Crippen LogP contribution in [-0.4, -0.2) is 36.0 Å². The number of rotatable bonds is 6. The zero-order chi connectivity index (χ0) is 16.1. The van der Waals surface area contributed by atoms with Gasteiger partial charge in [-0.15, -0.1) is 0 Å². The van der Waals surface area contributed by atoms with Gasteiger partial charge in [-0.3, -0.25) is 4.79 Å². The van der Waals surface area contributed by atoms with Crippen molar-refractivity contribution in [2.75, 3.05) is 30.9 Å².